The maximum absolute atomic E-state index is 3.81. The summed E-state index contributed by atoms with van der Waals surface area (Å²) < 4.78 is 1.20. The molecule has 2 heteroatoms. The molecule has 3 rings (SSSR count). The largest absolute Gasteiger partial charge is 0.314 e. The third kappa shape index (κ3) is 4.10. The number of nitrogens with one attached hydrogen (secondary N) is 1. The maximum Gasteiger partial charge on any atom is 0.0178 e. The lowest BCUT2D eigenvalue weighted by Gasteiger charge is -2.27. The molecule has 0 amide bonds. The van der Waals surface area contributed by atoms with Crippen molar-refractivity contribution in [1.29, 1.82) is 0 Å². The van der Waals surface area contributed by atoms with Crippen molar-refractivity contribution < 1.29 is 0 Å². The molecule has 4 unspecified atom stereocenters. The monoisotopic (exact) mass is 349 g/mol. The molecule has 0 aromatic heterocycles. The average Bonchev–Trinajstić information content (AvgIpc) is 3.07. The van der Waals surface area contributed by atoms with Crippen molar-refractivity contribution in [2.75, 3.05) is 6.54 Å². The first kappa shape index (κ1) is 15.6. The van der Waals surface area contributed by atoms with E-state index >= 15 is 0 Å². The summed E-state index contributed by atoms with van der Waals surface area (Å²) in [6.07, 6.45) is 9.84. The smallest absolute Gasteiger partial charge is 0.0178 e. The van der Waals surface area contributed by atoms with Gasteiger partial charge in [0.15, 0.2) is 0 Å². The SMILES string of the molecule is CCCNC(Cc1cccc(Br)c1)CC1CC2CCC1C2. The van der Waals surface area contributed by atoms with E-state index in [4.69, 9.17) is 0 Å². The molecule has 116 valence electrons. The molecule has 0 heterocycles. The summed E-state index contributed by atoms with van der Waals surface area (Å²) in [5, 5.41) is 3.81. The number of rotatable bonds is 7. The van der Waals surface area contributed by atoms with Crippen molar-refractivity contribution in [2.45, 2.75) is 57.9 Å². The minimum atomic E-state index is 0.656. The van der Waals surface area contributed by atoms with Crippen molar-refractivity contribution in [3.8, 4) is 0 Å². The van der Waals surface area contributed by atoms with Crippen LogP contribution >= 0.6 is 15.9 Å². The summed E-state index contributed by atoms with van der Waals surface area (Å²) in [6, 6.07) is 9.48. The molecule has 2 aliphatic rings. The molecule has 2 bridgehead atoms. The van der Waals surface area contributed by atoms with Gasteiger partial charge in [0.25, 0.3) is 0 Å². The fraction of sp³-hybridized carbons (Fsp3) is 0.684. The van der Waals surface area contributed by atoms with Crippen molar-refractivity contribution in [1.82, 2.24) is 5.32 Å². The third-order valence-corrected chi connectivity index (χ3v) is 6.02. The summed E-state index contributed by atoms with van der Waals surface area (Å²) in [6.45, 7) is 3.42. The first-order valence-electron chi connectivity index (χ1n) is 8.72. The normalized spacial score (nSPS) is 29.0. The highest BCUT2D eigenvalue weighted by Crippen LogP contribution is 2.50. The Hall–Kier alpha value is -0.340. The summed E-state index contributed by atoms with van der Waals surface area (Å²) >= 11 is 3.60. The zero-order valence-corrected chi connectivity index (χ0v) is 14.7. The van der Waals surface area contributed by atoms with Gasteiger partial charge in [-0.05, 0) is 80.5 Å². The quantitative estimate of drug-likeness (QED) is 0.714. The maximum atomic E-state index is 3.81. The second kappa shape index (κ2) is 7.28. The van der Waals surface area contributed by atoms with Gasteiger partial charge in [0.2, 0.25) is 0 Å². The molecule has 0 radical (unpaired) electrons. The van der Waals surface area contributed by atoms with Gasteiger partial charge in [-0.15, -0.1) is 0 Å². The van der Waals surface area contributed by atoms with Gasteiger partial charge in [-0.1, -0.05) is 41.4 Å². The molecule has 2 saturated carbocycles. The van der Waals surface area contributed by atoms with Crippen molar-refractivity contribution in [3.63, 3.8) is 0 Å². The van der Waals surface area contributed by atoms with Crippen LogP contribution in [0.25, 0.3) is 0 Å². The summed E-state index contributed by atoms with van der Waals surface area (Å²) in [7, 11) is 0. The van der Waals surface area contributed by atoms with Crippen LogP contribution in [-0.2, 0) is 6.42 Å². The number of fused-ring (bicyclic) bond motifs is 2. The minimum absolute atomic E-state index is 0.656. The van der Waals surface area contributed by atoms with E-state index in [1.165, 1.54) is 55.0 Å². The Morgan fingerprint density at radius 2 is 2.19 bits per heavy atom. The highest BCUT2D eigenvalue weighted by molar-refractivity contribution is 9.10. The Morgan fingerprint density at radius 3 is 2.86 bits per heavy atom. The highest BCUT2D eigenvalue weighted by atomic mass is 79.9. The lowest BCUT2D eigenvalue weighted by atomic mass is 9.83. The van der Waals surface area contributed by atoms with Crippen LogP contribution in [0.3, 0.4) is 0 Å². The Bertz CT molecular complexity index is 459. The van der Waals surface area contributed by atoms with Crippen LogP contribution in [0.5, 0.6) is 0 Å². The first-order valence-corrected chi connectivity index (χ1v) is 9.51. The van der Waals surface area contributed by atoms with Crippen LogP contribution < -0.4 is 5.32 Å². The summed E-state index contributed by atoms with van der Waals surface area (Å²) in [5.41, 5.74) is 1.46. The van der Waals surface area contributed by atoms with E-state index < -0.39 is 0 Å². The molecular weight excluding hydrogens is 322 g/mol. The van der Waals surface area contributed by atoms with Gasteiger partial charge in [-0.2, -0.15) is 0 Å². The van der Waals surface area contributed by atoms with Gasteiger partial charge < -0.3 is 5.32 Å². The molecule has 1 aromatic rings. The predicted octanol–water partition coefficient (Wildman–Crippen LogP) is 5.19. The molecule has 21 heavy (non-hydrogen) atoms. The van der Waals surface area contributed by atoms with E-state index in [1.54, 1.807) is 0 Å². The standard InChI is InChI=1S/C19H28BrN/c1-2-8-21-19(12-14-4-3-5-18(20)11-14)13-17-10-15-6-7-16(17)9-15/h3-5,11,15-17,19,21H,2,6-10,12-13H2,1H3. The van der Waals surface area contributed by atoms with Crippen LogP contribution in [0.15, 0.2) is 28.7 Å². The topological polar surface area (TPSA) is 12.0 Å². The second-order valence-corrected chi connectivity index (χ2v) is 8.07. The molecule has 4 atom stereocenters. The Balaban J connectivity index is 1.60. The van der Waals surface area contributed by atoms with Crippen molar-refractivity contribution in [2.24, 2.45) is 17.8 Å². The van der Waals surface area contributed by atoms with Gasteiger partial charge in [0.05, 0.1) is 0 Å². The van der Waals surface area contributed by atoms with Crippen LogP contribution in [-0.4, -0.2) is 12.6 Å². The van der Waals surface area contributed by atoms with E-state index in [9.17, 15) is 0 Å². The molecule has 0 aliphatic heterocycles. The van der Waals surface area contributed by atoms with Gasteiger partial charge in [0, 0.05) is 10.5 Å². The number of halogens is 1. The van der Waals surface area contributed by atoms with E-state index in [0.29, 0.717) is 6.04 Å². The minimum Gasteiger partial charge on any atom is -0.314 e. The lowest BCUT2D eigenvalue weighted by Crippen LogP contribution is -2.34. The number of hydrogen-bond donors (Lipinski definition) is 1. The highest BCUT2D eigenvalue weighted by Gasteiger charge is 2.39. The zero-order chi connectivity index (χ0) is 14.7. The number of hydrogen-bond acceptors (Lipinski definition) is 1. The molecule has 2 fully saturated rings. The van der Waals surface area contributed by atoms with Crippen molar-refractivity contribution >= 4 is 15.9 Å². The zero-order valence-electron chi connectivity index (χ0n) is 13.2. The molecule has 0 saturated heterocycles. The molecule has 1 aromatic carbocycles. The van der Waals surface area contributed by atoms with Gasteiger partial charge in [0.1, 0.15) is 0 Å². The molecule has 2 aliphatic carbocycles. The van der Waals surface area contributed by atoms with Crippen LogP contribution in [0.1, 0.15) is 51.0 Å². The fourth-order valence-corrected chi connectivity index (χ4v) is 5.01. The van der Waals surface area contributed by atoms with Gasteiger partial charge in [-0.3, -0.25) is 0 Å². The molecule has 1 N–H and O–H groups in total. The lowest BCUT2D eigenvalue weighted by molar-refractivity contribution is 0.276. The summed E-state index contributed by atoms with van der Waals surface area (Å²) in [5.74, 6) is 3.10. The van der Waals surface area contributed by atoms with E-state index in [2.05, 4.69) is 52.4 Å². The van der Waals surface area contributed by atoms with Gasteiger partial charge in [-0.25, -0.2) is 0 Å². The Labute approximate surface area is 138 Å². The van der Waals surface area contributed by atoms with Gasteiger partial charge >= 0.3 is 0 Å². The molecule has 1 nitrogen and oxygen atoms in total. The van der Waals surface area contributed by atoms with Crippen LogP contribution in [0, 0.1) is 17.8 Å². The van der Waals surface area contributed by atoms with Crippen LogP contribution in [0.4, 0.5) is 0 Å². The predicted molar refractivity (Wildman–Crippen MR) is 93.5 cm³/mol. The second-order valence-electron chi connectivity index (χ2n) is 7.16. The van der Waals surface area contributed by atoms with Crippen LogP contribution in [0.2, 0.25) is 0 Å². The molecular formula is C19H28BrN. The summed E-state index contributed by atoms with van der Waals surface area (Å²) in [4.78, 5) is 0. The average molecular weight is 350 g/mol. The number of benzene rings is 1. The first-order chi connectivity index (χ1) is 10.2. The van der Waals surface area contributed by atoms with E-state index in [-0.39, 0.29) is 0 Å². The molecule has 0 spiro atoms. The van der Waals surface area contributed by atoms with E-state index in [0.717, 1.165) is 24.3 Å². The fourth-order valence-electron chi connectivity index (χ4n) is 4.57. The Morgan fingerprint density at radius 1 is 1.29 bits per heavy atom. The van der Waals surface area contributed by atoms with Crippen molar-refractivity contribution in [3.05, 3.63) is 34.3 Å². The Kier molecular flexibility index (Phi) is 5.39. The van der Waals surface area contributed by atoms with E-state index in [1.807, 2.05) is 0 Å². The third-order valence-electron chi connectivity index (χ3n) is 5.53.